The fourth-order valence-corrected chi connectivity index (χ4v) is 1.39. The summed E-state index contributed by atoms with van der Waals surface area (Å²) in [6, 6.07) is 5.39. The van der Waals surface area contributed by atoms with E-state index in [1.807, 2.05) is 13.0 Å². The minimum absolute atomic E-state index is 0.120. The van der Waals surface area contributed by atoms with E-state index >= 15 is 0 Å². The largest absolute Gasteiger partial charge is 0.326 e. The zero-order chi connectivity index (χ0) is 12.8. The Morgan fingerprint density at radius 1 is 1.24 bits per heavy atom. The van der Waals surface area contributed by atoms with E-state index in [0.29, 0.717) is 11.4 Å². The number of likely N-dealkylation sites (N-methyl/N-ethyl adjacent to an activating group) is 1. The van der Waals surface area contributed by atoms with E-state index in [1.54, 1.807) is 19.2 Å². The number of rotatable bonds is 4. The van der Waals surface area contributed by atoms with Gasteiger partial charge >= 0.3 is 0 Å². The number of nitrogens with one attached hydrogen (secondary N) is 3. The normalized spacial score (nSPS) is 9.82. The first kappa shape index (κ1) is 13.2. The maximum Gasteiger partial charge on any atom is 0.238 e. The molecule has 1 rings (SSSR count). The molecule has 0 aliphatic carbocycles. The average Bonchev–Trinajstić information content (AvgIpc) is 2.22. The van der Waals surface area contributed by atoms with Crippen LogP contribution in [0.2, 0.25) is 0 Å². The SMILES string of the molecule is CNCC(=O)Nc1ccc(C)c(NC(C)=O)c1. The molecule has 0 fully saturated rings. The van der Waals surface area contributed by atoms with Gasteiger partial charge in [-0.25, -0.2) is 0 Å². The van der Waals surface area contributed by atoms with Crippen LogP contribution in [0.3, 0.4) is 0 Å². The lowest BCUT2D eigenvalue weighted by atomic mass is 10.1. The van der Waals surface area contributed by atoms with Crippen molar-refractivity contribution in [3.05, 3.63) is 23.8 Å². The Labute approximate surface area is 101 Å². The van der Waals surface area contributed by atoms with Crippen LogP contribution < -0.4 is 16.0 Å². The number of amides is 2. The number of benzene rings is 1. The van der Waals surface area contributed by atoms with E-state index in [9.17, 15) is 9.59 Å². The molecule has 2 amide bonds. The van der Waals surface area contributed by atoms with Gasteiger partial charge in [0.1, 0.15) is 0 Å². The Bertz CT molecular complexity index is 430. The van der Waals surface area contributed by atoms with Crippen LogP contribution in [0.15, 0.2) is 18.2 Å². The van der Waals surface area contributed by atoms with Gasteiger partial charge in [-0.15, -0.1) is 0 Å². The molecule has 1 aromatic carbocycles. The molecule has 5 nitrogen and oxygen atoms in total. The molecule has 5 heteroatoms. The smallest absolute Gasteiger partial charge is 0.238 e. The Hall–Kier alpha value is -1.88. The summed E-state index contributed by atoms with van der Waals surface area (Å²) in [5.41, 5.74) is 2.33. The Balaban J connectivity index is 2.81. The van der Waals surface area contributed by atoms with Gasteiger partial charge < -0.3 is 16.0 Å². The molecule has 0 radical (unpaired) electrons. The molecule has 0 unspecified atom stereocenters. The molecule has 0 aromatic heterocycles. The summed E-state index contributed by atoms with van der Waals surface area (Å²) < 4.78 is 0. The van der Waals surface area contributed by atoms with Crippen LogP contribution >= 0.6 is 0 Å². The first-order valence-corrected chi connectivity index (χ1v) is 5.35. The summed E-state index contributed by atoms with van der Waals surface area (Å²) in [5.74, 6) is -0.253. The molecule has 0 aliphatic heterocycles. The molecule has 0 saturated heterocycles. The molecule has 0 atom stereocenters. The lowest BCUT2D eigenvalue weighted by molar-refractivity contribution is -0.115. The van der Waals surface area contributed by atoms with E-state index in [1.165, 1.54) is 6.92 Å². The molecule has 3 N–H and O–H groups in total. The van der Waals surface area contributed by atoms with Gasteiger partial charge in [-0.1, -0.05) is 6.07 Å². The second-order valence-corrected chi connectivity index (χ2v) is 3.79. The third-order valence-electron chi connectivity index (χ3n) is 2.17. The van der Waals surface area contributed by atoms with E-state index < -0.39 is 0 Å². The Morgan fingerprint density at radius 3 is 2.53 bits per heavy atom. The van der Waals surface area contributed by atoms with Gasteiger partial charge in [-0.3, -0.25) is 9.59 Å². The van der Waals surface area contributed by atoms with Gasteiger partial charge in [-0.2, -0.15) is 0 Å². The van der Waals surface area contributed by atoms with Crippen LogP contribution in [0.5, 0.6) is 0 Å². The number of aryl methyl sites for hydroxylation is 1. The number of carbonyl (C=O) groups excluding carboxylic acids is 2. The molecule has 0 saturated carbocycles. The second-order valence-electron chi connectivity index (χ2n) is 3.79. The quantitative estimate of drug-likeness (QED) is 0.732. The van der Waals surface area contributed by atoms with Crippen LogP contribution in [-0.2, 0) is 9.59 Å². The van der Waals surface area contributed by atoms with Crippen molar-refractivity contribution in [2.24, 2.45) is 0 Å². The van der Waals surface area contributed by atoms with Crippen molar-refractivity contribution in [2.75, 3.05) is 24.2 Å². The number of hydrogen-bond donors (Lipinski definition) is 3. The van der Waals surface area contributed by atoms with Gasteiger partial charge in [0.15, 0.2) is 0 Å². The molecular weight excluding hydrogens is 218 g/mol. The third kappa shape index (κ3) is 4.24. The van der Waals surface area contributed by atoms with Crippen LogP contribution in [0, 0.1) is 6.92 Å². The van der Waals surface area contributed by atoms with Gasteiger partial charge in [0.05, 0.1) is 6.54 Å². The van der Waals surface area contributed by atoms with E-state index in [-0.39, 0.29) is 18.4 Å². The first-order valence-electron chi connectivity index (χ1n) is 5.35. The molecule has 17 heavy (non-hydrogen) atoms. The highest BCUT2D eigenvalue weighted by atomic mass is 16.2. The lowest BCUT2D eigenvalue weighted by Gasteiger charge is -2.10. The second kappa shape index (κ2) is 6.00. The zero-order valence-corrected chi connectivity index (χ0v) is 10.3. The Morgan fingerprint density at radius 2 is 1.94 bits per heavy atom. The van der Waals surface area contributed by atoms with Gasteiger partial charge in [-0.05, 0) is 31.7 Å². The summed E-state index contributed by atoms with van der Waals surface area (Å²) in [6.07, 6.45) is 0. The fourth-order valence-electron chi connectivity index (χ4n) is 1.39. The summed E-state index contributed by atoms with van der Waals surface area (Å²) in [7, 11) is 1.71. The zero-order valence-electron chi connectivity index (χ0n) is 10.3. The van der Waals surface area contributed by atoms with Crippen molar-refractivity contribution >= 4 is 23.2 Å². The molecule has 0 spiro atoms. The highest BCUT2D eigenvalue weighted by molar-refractivity contribution is 5.94. The van der Waals surface area contributed by atoms with Gasteiger partial charge in [0, 0.05) is 18.3 Å². The number of carbonyl (C=O) groups is 2. The predicted molar refractivity (Wildman–Crippen MR) is 68.0 cm³/mol. The van der Waals surface area contributed by atoms with E-state index in [2.05, 4.69) is 16.0 Å². The van der Waals surface area contributed by atoms with Crippen molar-refractivity contribution in [3.8, 4) is 0 Å². The topological polar surface area (TPSA) is 70.2 Å². The predicted octanol–water partition coefficient (Wildman–Crippen LogP) is 1.11. The maximum absolute atomic E-state index is 11.4. The first-order chi connectivity index (χ1) is 8.02. The average molecular weight is 235 g/mol. The summed E-state index contributed by atoms with van der Waals surface area (Å²) in [5, 5.41) is 8.21. The van der Waals surface area contributed by atoms with Crippen molar-refractivity contribution < 1.29 is 9.59 Å². The minimum atomic E-state index is -0.133. The van der Waals surface area contributed by atoms with E-state index in [4.69, 9.17) is 0 Å². The van der Waals surface area contributed by atoms with Crippen molar-refractivity contribution in [1.82, 2.24) is 5.32 Å². The lowest BCUT2D eigenvalue weighted by Crippen LogP contribution is -2.25. The maximum atomic E-state index is 11.4. The van der Waals surface area contributed by atoms with Gasteiger partial charge in [0.25, 0.3) is 0 Å². The highest BCUT2D eigenvalue weighted by Gasteiger charge is 2.04. The monoisotopic (exact) mass is 235 g/mol. The molecule has 92 valence electrons. The van der Waals surface area contributed by atoms with Crippen LogP contribution in [0.1, 0.15) is 12.5 Å². The standard InChI is InChI=1S/C12H17N3O2/c1-8-4-5-10(15-12(17)7-13-3)6-11(8)14-9(2)16/h4-6,13H,7H2,1-3H3,(H,14,16)(H,15,17). The summed E-state index contributed by atoms with van der Waals surface area (Å²) in [6.45, 7) is 3.60. The molecule has 0 bridgehead atoms. The number of anilines is 2. The van der Waals surface area contributed by atoms with Crippen LogP contribution in [0.25, 0.3) is 0 Å². The van der Waals surface area contributed by atoms with Crippen molar-refractivity contribution in [1.29, 1.82) is 0 Å². The molecule has 1 aromatic rings. The summed E-state index contributed by atoms with van der Waals surface area (Å²) in [4.78, 5) is 22.4. The van der Waals surface area contributed by atoms with Crippen LogP contribution in [0.4, 0.5) is 11.4 Å². The minimum Gasteiger partial charge on any atom is -0.326 e. The van der Waals surface area contributed by atoms with Crippen LogP contribution in [-0.4, -0.2) is 25.4 Å². The summed E-state index contributed by atoms with van der Waals surface area (Å²) >= 11 is 0. The third-order valence-corrected chi connectivity index (χ3v) is 2.17. The molecular formula is C12H17N3O2. The van der Waals surface area contributed by atoms with Crippen molar-refractivity contribution in [3.63, 3.8) is 0 Å². The van der Waals surface area contributed by atoms with E-state index in [0.717, 1.165) is 5.56 Å². The fraction of sp³-hybridized carbons (Fsp3) is 0.333. The highest BCUT2D eigenvalue weighted by Crippen LogP contribution is 2.20. The van der Waals surface area contributed by atoms with Crippen molar-refractivity contribution in [2.45, 2.75) is 13.8 Å². The molecule has 0 aliphatic rings. The van der Waals surface area contributed by atoms with Gasteiger partial charge in [0.2, 0.25) is 11.8 Å². The molecule has 0 heterocycles. The Kier molecular flexibility index (Phi) is 4.66. The number of hydrogen-bond acceptors (Lipinski definition) is 3.